The Bertz CT molecular complexity index is 1220. The third kappa shape index (κ3) is 3.33. The molecule has 0 unspecified atom stereocenters. The molecule has 0 radical (unpaired) electrons. The summed E-state index contributed by atoms with van der Waals surface area (Å²) in [7, 11) is 0. The molecular formula is C19H13ClN4O4. The molecule has 3 N–H and O–H groups in total. The van der Waals surface area contributed by atoms with Gasteiger partial charge in [0.2, 0.25) is 17.6 Å². The van der Waals surface area contributed by atoms with Crippen LogP contribution >= 0.6 is 11.6 Å². The number of carboxylic acid groups (broad SMARTS) is 1. The number of nitrogens with one attached hydrogen (secondary N) is 1. The lowest BCUT2D eigenvalue weighted by Crippen LogP contribution is -2.00. The Morgan fingerprint density at radius 2 is 1.96 bits per heavy atom. The fraction of sp³-hybridized carbons (Fsp3) is 0.0526. The molecule has 0 fully saturated rings. The van der Waals surface area contributed by atoms with Crippen molar-refractivity contribution in [1.82, 2.24) is 15.2 Å². The van der Waals surface area contributed by atoms with E-state index < -0.39 is 5.97 Å². The number of aryl methyl sites for hydroxylation is 1. The molecule has 0 amide bonds. The van der Waals surface area contributed by atoms with Crippen LogP contribution in [-0.2, 0) is 0 Å². The number of rotatable bonds is 4. The first kappa shape index (κ1) is 17.7. The molecule has 2 aromatic carbocycles. The predicted octanol–water partition coefficient (Wildman–Crippen LogP) is 4.39. The highest BCUT2D eigenvalue weighted by Gasteiger charge is 2.13. The minimum Gasteiger partial charge on any atom is -0.508 e. The Kier molecular flexibility index (Phi) is 4.32. The summed E-state index contributed by atoms with van der Waals surface area (Å²) in [6.07, 6.45) is 0. The van der Waals surface area contributed by atoms with Crippen LogP contribution in [0.2, 0.25) is 5.02 Å². The van der Waals surface area contributed by atoms with Crippen molar-refractivity contribution in [3.8, 4) is 16.9 Å². The van der Waals surface area contributed by atoms with Crippen LogP contribution in [0.5, 0.6) is 5.75 Å². The number of fused-ring (bicyclic) bond motifs is 1. The van der Waals surface area contributed by atoms with Gasteiger partial charge in [0.05, 0.1) is 5.52 Å². The van der Waals surface area contributed by atoms with E-state index in [-0.39, 0.29) is 23.3 Å². The average molecular weight is 397 g/mol. The molecule has 0 bridgehead atoms. The van der Waals surface area contributed by atoms with E-state index >= 15 is 0 Å². The second-order valence-electron chi connectivity index (χ2n) is 6.05. The molecule has 0 aliphatic heterocycles. The number of aromatic nitrogens is 3. The molecule has 140 valence electrons. The van der Waals surface area contributed by atoms with E-state index in [1.165, 1.54) is 18.2 Å². The zero-order valence-electron chi connectivity index (χ0n) is 14.5. The van der Waals surface area contributed by atoms with Gasteiger partial charge in [0.25, 0.3) is 0 Å². The molecule has 2 aromatic heterocycles. The number of aromatic hydroxyl groups is 1. The molecule has 9 heteroatoms. The van der Waals surface area contributed by atoms with Gasteiger partial charge in [-0.2, -0.15) is 0 Å². The highest BCUT2D eigenvalue weighted by atomic mass is 35.5. The maximum absolute atomic E-state index is 10.9. The summed E-state index contributed by atoms with van der Waals surface area (Å²) < 4.78 is 5.14. The third-order valence-corrected chi connectivity index (χ3v) is 4.39. The largest absolute Gasteiger partial charge is 0.508 e. The molecule has 4 aromatic rings. The summed E-state index contributed by atoms with van der Waals surface area (Å²) >= 11 is 6.25. The lowest BCUT2D eigenvalue weighted by Gasteiger charge is -2.09. The van der Waals surface area contributed by atoms with Gasteiger partial charge in [-0.25, -0.2) is 9.78 Å². The quantitative estimate of drug-likeness (QED) is 0.464. The molecule has 0 aliphatic carbocycles. The van der Waals surface area contributed by atoms with Crippen LogP contribution in [-0.4, -0.2) is 31.4 Å². The van der Waals surface area contributed by atoms with Gasteiger partial charge in [0.15, 0.2) is 0 Å². The molecule has 0 saturated heterocycles. The molecular weight excluding hydrogens is 384 g/mol. The SMILES string of the molecule is Cc1cc(-c2cc(O)ccc2Cl)cc2nnc(Nc3ccc(C(=O)O)o3)nc12. The van der Waals surface area contributed by atoms with Crippen LogP contribution in [0, 0.1) is 6.92 Å². The van der Waals surface area contributed by atoms with Gasteiger partial charge >= 0.3 is 5.97 Å². The number of nitrogens with zero attached hydrogens (tertiary/aromatic N) is 3. The first-order chi connectivity index (χ1) is 13.4. The molecule has 4 rings (SSSR count). The number of phenols is 1. The standard InChI is InChI=1S/C19H13ClN4O4/c1-9-6-10(12-8-11(25)2-3-13(12)20)7-14-17(9)22-19(24-23-14)21-16-5-4-15(28-16)18(26)27/h2-8,25H,1H3,(H,26,27)(H,21,22,24). The zero-order valence-corrected chi connectivity index (χ0v) is 15.2. The van der Waals surface area contributed by atoms with Gasteiger partial charge in [0.1, 0.15) is 11.3 Å². The van der Waals surface area contributed by atoms with E-state index in [1.807, 2.05) is 13.0 Å². The van der Waals surface area contributed by atoms with E-state index in [0.717, 1.165) is 11.1 Å². The zero-order chi connectivity index (χ0) is 19.8. The number of carbonyl (C=O) groups is 1. The average Bonchev–Trinajstić information content (AvgIpc) is 3.13. The number of benzene rings is 2. The van der Waals surface area contributed by atoms with E-state index in [2.05, 4.69) is 20.5 Å². The van der Waals surface area contributed by atoms with Gasteiger partial charge in [-0.15, -0.1) is 10.2 Å². The summed E-state index contributed by atoms with van der Waals surface area (Å²) in [4.78, 5) is 15.3. The normalized spacial score (nSPS) is 10.9. The number of carboxylic acids is 1. The van der Waals surface area contributed by atoms with Crippen molar-refractivity contribution in [3.05, 3.63) is 58.8 Å². The summed E-state index contributed by atoms with van der Waals surface area (Å²) in [5.74, 6) is -0.885. The van der Waals surface area contributed by atoms with Gasteiger partial charge in [-0.05, 0) is 54.4 Å². The number of hydrogen-bond acceptors (Lipinski definition) is 7. The maximum Gasteiger partial charge on any atom is 0.371 e. The van der Waals surface area contributed by atoms with Crippen LogP contribution in [0.15, 0.2) is 46.9 Å². The first-order valence-electron chi connectivity index (χ1n) is 8.15. The summed E-state index contributed by atoms with van der Waals surface area (Å²) in [5.41, 5.74) is 3.44. The van der Waals surface area contributed by atoms with Crippen molar-refractivity contribution in [2.24, 2.45) is 0 Å². The summed E-state index contributed by atoms with van der Waals surface area (Å²) in [5, 5.41) is 30.1. The molecule has 0 spiro atoms. The Morgan fingerprint density at radius 3 is 2.71 bits per heavy atom. The van der Waals surface area contributed by atoms with Crippen molar-refractivity contribution in [3.63, 3.8) is 0 Å². The van der Waals surface area contributed by atoms with Crippen LogP contribution < -0.4 is 5.32 Å². The smallest absolute Gasteiger partial charge is 0.371 e. The number of aromatic carboxylic acids is 1. The topological polar surface area (TPSA) is 121 Å². The third-order valence-electron chi connectivity index (χ3n) is 4.06. The maximum atomic E-state index is 10.9. The van der Waals surface area contributed by atoms with E-state index in [0.29, 0.717) is 21.6 Å². The van der Waals surface area contributed by atoms with Gasteiger partial charge in [-0.1, -0.05) is 11.6 Å². The summed E-state index contributed by atoms with van der Waals surface area (Å²) in [6, 6.07) is 11.2. The molecule has 2 heterocycles. The van der Waals surface area contributed by atoms with Crippen molar-refractivity contribution < 1.29 is 19.4 Å². The highest BCUT2D eigenvalue weighted by molar-refractivity contribution is 6.33. The van der Waals surface area contributed by atoms with Crippen molar-refractivity contribution >= 4 is 40.4 Å². The van der Waals surface area contributed by atoms with Crippen LogP contribution in [0.1, 0.15) is 16.1 Å². The first-order valence-corrected chi connectivity index (χ1v) is 8.52. The Balaban J connectivity index is 1.71. The number of halogens is 1. The molecule has 0 saturated carbocycles. The van der Waals surface area contributed by atoms with Gasteiger partial charge in [0, 0.05) is 16.7 Å². The van der Waals surface area contributed by atoms with Gasteiger partial charge in [-0.3, -0.25) is 5.32 Å². The van der Waals surface area contributed by atoms with Crippen molar-refractivity contribution in [2.45, 2.75) is 6.92 Å². The minimum atomic E-state index is -1.17. The number of hydrogen-bond donors (Lipinski definition) is 3. The second kappa shape index (κ2) is 6.82. The van der Waals surface area contributed by atoms with Gasteiger partial charge < -0.3 is 14.6 Å². The Morgan fingerprint density at radius 1 is 1.14 bits per heavy atom. The number of phenolic OH excluding ortho intramolecular Hbond substituents is 1. The van der Waals surface area contributed by atoms with Crippen LogP contribution in [0.3, 0.4) is 0 Å². The number of anilines is 2. The van der Waals surface area contributed by atoms with Crippen LogP contribution in [0.4, 0.5) is 11.8 Å². The predicted molar refractivity (Wildman–Crippen MR) is 103 cm³/mol. The van der Waals surface area contributed by atoms with Crippen LogP contribution in [0.25, 0.3) is 22.2 Å². The molecule has 0 aliphatic rings. The molecule has 8 nitrogen and oxygen atoms in total. The van der Waals surface area contributed by atoms with E-state index in [4.69, 9.17) is 21.1 Å². The monoisotopic (exact) mass is 396 g/mol. The van der Waals surface area contributed by atoms with E-state index in [9.17, 15) is 9.90 Å². The Labute approximate surface area is 163 Å². The molecule has 0 atom stereocenters. The number of furan rings is 1. The Hall–Kier alpha value is -3.65. The summed E-state index contributed by atoms with van der Waals surface area (Å²) in [6.45, 7) is 1.87. The van der Waals surface area contributed by atoms with Crippen molar-refractivity contribution in [2.75, 3.05) is 5.32 Å². The fourth-order valence-electron chi connectivity index (χ4n) is 2.79. The second-order valence-corrected chi connectivity index (χ2v) is 6.46. The fourth-order valence-corrected chi connectivity index (χ4v) is 3.01. The highest BCUT2D eigenvalue weighted by Crippen LogP contribution is 2.33. The lowest BCUT2D eigenvalue weighted by molar-refractivity contribution is 0.0663. The minimum absolute atomic E-state index is 0.111. The lowest BCUT2D eigenvalue weighted by atomic mass is 10.0. The van der Waals surface area contributed by atoms with Crippen molar-refractivity contribution in [1.29, 1.82) is 0 Å². The molecule has 28 heavy (non-hydrogen) atoms. The van der Waals surface area contributed by atoms with E-state index in [1.54, 1.807) is 18.2 Å².